The Balaban J connectivity index is 0.000000175. The van der Waals surface area contributed by atoms with Gasteiger partial charge in [-0.25, -0.2) is 4.98 Å². The van der Waals surface area contributed by atoms with Crippen molar-refractivity contribution in [2.75, 3.05) is 0 Å². The van der Waals surface area contributed by atoms with Gasteiger partial charge in [0.15, 0.2) is 6.29 Å². The van der Waals surface area contributed by atoms with Gasteiger partial charge in [-0.1, -0.05) is 36.4 Å². The number of phenolic OH excluding ortho intramolecular Hbond substituents is 2. The molecule has 4 aromatic rings. The summed E-state index contributed by atoms with van der Waals surface area (Å²) >= 11 is 0. The van der Waals surface area contributed by atoms with E-state index in [1.165, 1.54) is 0 Å². The van der Waals surface area contributed by atoms with Crippen LogP contribution < -0.4 is 0 Å². The van der Waals surface area contributed by atoms with Crippen molar-refractivity contribution in [1.82, 2.24) is 9.97 Å². The molecule has 0 saturated carbocycles. The van der Waals surface area contributed by atoms with Crippen molar-refractivity contribution in [3.05, 3.63) is 72.6 Å². The molecule has 6 heteroatoms. The number of hydrogen-bond acceptors (Lipinski definition) is 5. The van der Waals surface area contributed by atoms with Gasteiger partial charge in [0, 0.05) is 36.4 Å². The SMILES string of the molecule is O=Cc1ccc2cccc(O)c2n1.Oc1cccc2cccnc12.[Zn]. The maximum atomic E-state index is 10.4. The van der Waals surface area contributed by atoms with Crippen LogP contribution in [0.15, 0.2) is 66.9 Å². The van der Waals surface area contributed by atoms with Crippen LogP contribution in [0.5, 0.6) is 11.5 Å². The second-order valence-electron chi connectivity index (χ2n) is 5.06. The Bertz CT molecular complexity index is 1020. The molecule has 0 unspecified atom stereocenters. The van der Waals surface area contributed by atoms with Gasteiger partial charge >= 0.3 is 0 Å². The Hall–Kier alpha value is -2.85. The minimum atomic E-state index is 0. The molecule has 0 atom stereocenters. The van der Waals surface area contributed by atoms with Crippen LogP contribution in [0.2, 0.25) is 0 Å². The van der Waals surface area contributed by atoms with E-state index in [2.05, 4.69) is 9.97 Å². The molecule has 2 N–H and O–H groups in total. The van der Waals surface area contributed by atoms with E-state index in [-0.39, 0.29) is 31.0 Å². The summed E-state index contributed by atoms with van der Waals surface area (Å²) in [5.74, 6) is 0.337. The number of fused-ring (bicyclic) bond motifs is 2. The van der Waals surface area contributed by atoms with Crippen molar-refractivity contribution in [2.45, 2.75) is 0 Å². The Morgan fingerprint density at radius 3 is 2.00 bits per heavy atom. The van der Waals surface area contributed by atoms with Gasteiger partial charge in [-0.15, -0.1) is 0 Å². The standard InChI is InChI=1S/C10H7NO2.C9H7NO.Zn/c12-6-8-5-4-7-2-1-3-9(13)10(7)11-8;11-8-5-1-3-7-4-2-6-10-9(7)8;/h1-6,13H;1-6,11H;. The van der Waals surface area contributed by atoms with E-state index < -0.39 is 0 Å². The predicted molar refractivity (Wildman–Crippen MR) is 92.2 cm³/mol. The number of benzene rings is 2. The van der Waals surface area contributed by atoms with Crippen LogP contribution in [0.25, 0.3) is 21.8 Å². The molecule has 2 aromatic carbocycles. The summed E-state index contributed by atoms with van der Waals surface area (Å²) in [6.45, 7) is 0. The topological polar surface area (TPSA) is 83.3 Å². The third kappa shape index (κ3) is 4.17. The number of para-hydroxylation sites is 2. The van der Waals surface area contributed by atoms with E-state index >= 15 is 0 Å². The number of pyridine rings is 2. The normalized spacial score (nSPS) is 9.76. The smallest absolute Gasteiger partial charge is 0.168 e. The third-order valence-electron chi connectivity index (χ3n) is 3.45. The summed E-state index contributed by atoms with van der Waals surface area (Å²) in [6.07, 6.45) is 2.33. The summed E-state index contributed by atoms with van der Waals surface area (Å²) in [6, 6.07) is 17.6. The number of nitrogens with zero attached hydrogens (tertiary/aromatic N) is 2. The van der Waals surface area contributed by atoms with Crippen molar-refractivity contribution < 1.29 is 34.5 Å². The van der Waals surface area contributed by atoms with Gasteiger partial charge < -0.3 is 10.2 Å². The quantitative estimate of drug-likeness (QED) is 0.387. The maximum Gasteiger partial charge on any atom is 0.168 e. The molecule has 2 heterocycles. The molecule has 0 aliphatic heterocycles. The first-order valence-corrected chi connectivity index (χ1v) is 7.25. The zero-order chi connectivity index (χ0) is 16.9. The Kier molecular flexibility index (Phi) is 6.15. The van der Waals surface area contributed by atoms with Crippen LogP contribution in [-0.4, -0.2) is 26.5 Å². The van der Waals surface area contributed by atoms with Gasteiger partial charge in [-0.2, -0.15) is 0 Å². The first kappa shape index (κ1) is 18.5. The van der Waals surface area contributed by atoms with E-state index in [1.807, 2.05) is 24.3 Å². The maximum absolute atomic E-state index is 10.4. The van der Waals surface area contributed by atoms with E-state index in [1.54, 1.807) is 42.6 Å². The average molecular weight is 384 g/mol. The summed E-state index contributed by atoms with van der Waals surface area (Å²) in [4.78, 5) is 18.4. The number of carbonyl (C=O) groups excluding carboxylic acids is 1. The largest absolute Gasteiger partial charge is 0.506 e. The minimum Gasteiger partial charge on any atom is -0.506 e. The number of aldehydes is 1. The molecule has 0 aliphatic carbocycles. The van der Waals surface area contributed by atoms with E-state index in [0.29, 0.717) is 23.0 Å². The number of hydrogen-bond donors (Lipinski definition) is 2. The first-order chi connectivity index (χ1) is 11.7. The number of aromatic hydroxyl groups is 2. The fraction of sp³-hybridized carbons (Fsp3) is 0. The summed E-state index contributed by atoms with van der Waals surface area (Å²) in [7, 11) is 0. The molecule has 0 amide bonds. The molecule has 0 fully saturated rings. The molecule has 0 aliphatic rings. The van der Waals surface area contributed by atoms with Gasteiger partial charge in [-0.3, -0.25) is 9.78 Å². The third-order valence-corrected chi connectivity index (χ3v) is 3.45. The zero-order valence-corrected chi connectivity index (χ0v) is 16.3. The minimum absolute atomic E-state index is 0. The van der Waals surface area contributed by atoms with E-state index in [9.17, 15) is 15.0 Å². The molecule has 0 spiro atoms. The Morgan fingerprint density at radius 2 is 1.36 bits per heavy atom. The molecule has 4 rings (SSSR count). The molecule has 2 aromatic heterocycles. The Labute approximate surface area is 156 Å². The van der Waals surface area contributed by atoms with Gasteiger partial charge in [0.1, 0.15) is 28.2 Å². The van der Waals surface area contributed by atoms with Crippen LogP contribution in [0.3, 0.4) is 0 Å². The summed E-state index contributed by atoms with van der Waals surface area (Å²) < 4.78 is 0. The van der Waals surface area contributed by atoms with Crippen LogP contribution in [0.4, 0.5) is 0 Å². The first-order valence-electron chi connectivity index (χ1n) is 7.25. The molecule has 5 nitrogen and oxygen atoms in total. The second-order valence-corrected chi connectivity index (χ2v) is 5.06. The molecular formula is C19H14N2O3Zn. The van der Waals surface area contributed by atoms with Gasteiger partial charge in [0.2, 0.25) is 0 Å². The average Bonchev–Trinajstić information content (AvgIpc) is 2.63. The molecule has 0 saturated heterocycles. The molecule has 0 bridgehead atoms. The van der Waals surface area contributed by atoms with Gasteiger partial charge in [0.05, 0.1) is 0 Å². The van der Waals surface area contributed by atoms with Crippen molar-refractivity contribution in [2.24, 2.45) is 0 Å². The number of aromatic nitrogens is 2. The van der Waals surface area contributed by atoms with Crippen molar-refractivity contribution in [3.63, 3.8) is 0 Å². The Morgan fingerprint density at radius 1 is 0.760 bits per heavy atom. The van der Waals surface area contributed by atoms with Crippen LogP contribution in [-0.2, 0) is 19.5 Å². The molecule has 25 heavy (non-hydrogen) atoms. The second kappa shape index (κ2) is 8.31. The molecule has 0 radical (unpaired) electrons. The van der Waals surface area contributed by atoms with Crippen LogP contribution in [0.1, 0.15) is 10.5 Å². The molecule has 120 valence electrons. The van der Waals surface area contributed by atoms with Crippen LogP contribution >= 0.6 is 0 Å². The monoisotopic (exact) mass is 382 g/mol. The fourth-order valence-electron chi connectivity index (χ4n) is 2.30. The fourth-order valence-corrected chi connectivity index (χ4v) is 2.30. The van der Waals surface area contributed by atoms with Crippen molar-refractivity contribution in [3.8, 4) is 11.5 Å². The molecular weight excluding hydrogens is 370 g/mol. The van der Waals surface area contributed by atoms with Gasteiger partial charge in [-0.05, 0) is 24.3 Å². The van der Waals surface area contributed by atoms with Gasteiger partial charge in [0.25, 0.3) is 0 Å². The van der Waals surface area contributed by atoms with E-state index in [4.69, 9.17) is 0 Å². The summed E-state index contributed by atoms with van der Waals surface area (Å²) in [5, 5.41) is 20.5. The number of phenols is 2. The predicted octanol–water partition coefficient (Wildman–Crippen LogP) is 3.69. The number of carbonyl (C=O) groups is 1. The number of rotatable bonds is 1. The van der Waals surface area contributed by atoms with E-state index in [0.717, 1.165) is 10.8 Å². The van der Waals surface area contributed by atoms with Crippen LogP contribution in [0, 0.1) is 0 Å². The summed E-state index contributed by atoms with van der Waals surface area (Å²) in [5.41, 5.74) is 1.45. The van der Waals surface area contributed by atoms with Crippen molar-refractivity contribution >= 4 is 28.1 Å². The van der Waals surface area contributed by atoms with Crippen molar-refractivity contribution in [1.29, 1.82) is 0 Å². The zero-order valence-electron chi connectivity index (χ0n) is 13.3.